The van der Waals surface area contributed by atoms with Crippen LogP contribution < -0.4 is 11.3 Å². The zero-order chi connectivity index (χ0) is 13.5. The second kappa shape index (κ2) is 7.81. The van der Waals surface area contributed by atoms with Crippen LogP contribution in [0.3, 0.4) is 0 Å². The Morgan fingerprint density at radius 2 is 2.00 bits per heavy atom. The molecule has 0 radical (unpaired) electrons. The van der Waals surface area contributed by atoms with Gasteiger partial charge >= 0.3 is 0 Å². The Balaban J connectivity index is 2.73. The van der Waals surface area contributed by atoms with Crippen molar-refractivity contribution in [3.05, 3.63) is 33.8 Å². The standard InChI is InChI=1S/C13H19BrF2N2/c1-2-3-4-5-6-11(18-17)9-7-8-10(15)13(16)12(9)14/h7-8,11,18H,2-6,17H2,1H3. The van der Waals surface area contributed by atoms with Gasteiger partial charge in [-0.1, -0.05) is 38.7 Å². The van der Waals surface area contributed by atoms with Gasteiger partial charge in [-0.2, -0.15) is 0 Å². The molecule has 1 aromatic rings. The molecule has 3 N–H and O–H groups in total. The molecule has 1 rings (SSSR count). The highest BCUT2D eigenvalue weighted by atomic mass is 79.9. The van der Waals surface area contributed by atoms with E-state index in [0.29, 0.717) is 5.56 Å². The summed E-state index contributed by atoms with van der Waals surface area (Å²) in [5.74, 6) is 3.78. The van der Waals surface area contributed by atoms with E-state index in [1.165, 1.54) is 6.42 Å². The van der Waals surface area contributed by atoms with Crippen LogP contribution in [0.1, 0.15) is 50.6 Å². The summed E-state index contributed by atoms with van der Waals surface area (Å²) in [5.41, 5.74) is 3.32. The molecule has 1 unspecified atom stereocenters. The van der Waals surface area contributed by atoms with E-state index in [9.17, 15) is 8.78 Å². The molecule has 0 bridgehead atoms. The molecule has 5 heteroatoms. The molecule has 0 heterocycles. The molecule has 1 atom stereocenters. The molecule has 0 spiro atoms. The molecule has 0 aromatic heterocycles. The van der Waals surface area contributed by atoms with Crippen LogP contribution in [0, 0.1) is 11.6 Å². The fraction of sp³-hybridized carbons (Fsp3) is 0.538. The second-order valence-electron chi connectivity index (χ2n) is 4.33. The summed E-state index contributed by atoms with van der Waals surface area (Å²) in [6.07, 6.45) is 5.27. The lowest BCUT2D eigenvalue weighted by atomic mass is 10.0. The van der Waals surface area contributed by atoms with Gasteiger partial charge in [-0.3, -0.25) is 11.3 Å². The first kappa shape index (κ1) is 15.5. The molecule has 0 saturated heterocycles. The summed E-state index contributed by atoms with van der Waals surface area (Å²) >= 11 is 3.08. The molecule has 0 aliphatic heterocycles. The highest BCUT2D eigenvalue weighted by Crippen LogP contribution is 2.30. The minimum Gasteiger partial charge on any atom is -0.271 e. The number of nitrogens with two attached hydrogens (primary N) is 1. The molecule has 0 amide bonds. The average molecular weight is 321 g/mol. The molecule has 0 saturated carbocycles. The van der Waals surface area contributed by atoms with Crippen molar-refractivity contribution < 1.29 is 8.78 Å². The first-order chi connectivity index (χ1) is 8.61. The minimum absolute atomic E-state index is 0.154. The minimum atomic E-state index is -0.860. The van der Waals surface area contributed by atoms with Gasteiger partial charge in [0.15, 0.2) is 11.6 Å². The van der Waals surface area contributed by atoms with Crippen molar-refractivity contribution in [2.75, 3.05) is 0 Å². The number of benzene rings is 1. The Hall–Kier alpha value is -0.520. The fourth-order valence-corrected chi connectivity index (χ4v) is 2.51. The van der Waals surface area contributed by atoms with Gasteiger partial charge in [0, 0.05) is 6.04 Å². The number of halogens is 3. The Kier molecular flexibility index (Phi) is 6.75. The van der Waals surface area contributed by atoms with E-state index in [-0.39, 0.29) is 10.5 Å². The normalized spacial score (nSPS) is 12.7. The van der Waals surface area contributed by atoms with E-state index in [1.807, 2.05) is 0 Å². The van der Waals surface area contributed by atoms with Crippen LogP contribution >= 0.6 is 15.9 Å². The van der Waals surface area contributed by atoms with Crippen LogP contribution in [0.4, 0.5) is 8.78 Å². The second-order valence-corrected chi connectivity index (χ2v) is 5.13. The summed E-state index contributed by atoms with van der Waals surface area (Å²) < 4.78 is 26.6. The lowest BCUT2D eigenvalue weighted by Crippen LogP contribution is -2.28. The first-order valence-electron chi connectivity index (χ1n) is 6.21. The van der Waals surface area contributed by atoms with Crippen molar-refractivity contribution in [3.63, 3.8) is 0 Å². The highest BCUT2D eigenvalue weighted by Gasteiger charge is 2.17. The zero-order valence-electron chi connectivity index (χ0n) is 10.5. The van der Waals surface area contributed by atoms with Crippen molar-refractivity contribution >= 4 is 15.9 Å². The Morgan fingerprint density at radius 3 is 2.61 bits per heavy atom. The van der Waals surface area contributed by atoms with Crippen LogP contribution in [0.2, 0.25) is 0 Å². The van der Waals surface area contributed by atoms with Gasteiger partial charge in [-0.25, -0.2) is 8.78 Å². The summed E-state index contributed by atoms with van der Waals surface area (Å²) in [7, 11) is 0. The van der Waals surface area contributed by atoms with Gasteiger partial charge in [0.05, 0.1) is 4.47 Å². The molecule has 2 nitrogen and oxygen atoms in total. The molecular formula is C13H19BrF2N2. The van der Waals surface area contributed by atoms with Gasteiger partial charge in [0.1, 0.15) is 0 Å². The van der Waals surface area contributed by atoms with Crippen LogP contribution in [0.25, 0.3) is 0 Å². The van der Waals surface area contributed by atoms with E-state index >= 15 is 0 Å². The van der Waals surface area contributed by atoms with E-state index in [0.717, 1.165) is 31.7 Å². The van der Waals surface area contributed by atoms with E-state index in [1.54, 1.807) is 6.07 Å². The molecule has 0 aliphatic carbocycles. The number of hydrogen-bond donors (Lipinski definition) is 2. The van der Waals surface area contributed by atoms with Crippen LogP contribution in [0.5, 0.6) is 0 Å². The monoisotopic (exact) mass is 320 g/mol. The van der Waals surface area contributed by atoms with Gasteiger partial charge in [0.25, 0.3) is 0 Å². The number of rotatable bonds is 7. The third-order valence-electron chi connectivity index (χ3n) is 2.99. The van der Waals surface area contributed by atoms with Gasteiger partial charge in [0.2, 0.25) is 0 Å². The lowest BCUT2D eigenvalue weighted by Gasteiger charge is -2.18. The highest BCUT2D eigenvalue weighted by molar-refractivity contribution is 9.10. The molecule has 1 aromatic carbocycles. The maximum Gasteiger partial charge on any atom is 0.173 e. The van der Waals surface area contributed by atoms with E-state index in [4.69, 9.17) is 5.84 Å². The third-order valence-corrected chi connectivity index (χ3v) is 3.79. The van der Waals surface area contributed by atoms with Gasteiger partial charge < -0.3 is 0 Å². The number of hydrogen-bond acceptors (Lipinski definition) is 2. The lowest BCUT2D eigenvalue weighted by molar-refractivity contribution is 0.466. The number of hydrazine groups is 1. The largest absolute Gasteiger partial charge is 0.271 e. The predicted octanol–water partition coefficient (Wildman–Crippen LogP) is 4.20. The Morgan fingerprint density at radius 1 is 1.28 bits per heavy atom. The molecule has 102 valence electrons. The number of unbranched alkanes of at least 4 members (excludes halogenated alkanes) is 3. The van der Waals surface area contributed by atoms with Crippen molar-refractivity contribution in [2.24, 2.45) is 5.84 Å². The summed E-state index contributed by atoms with van der Waals surface area (Å²) in [5, 5.41) is 0. The summed E-state index contributed by atoms with van der Waals surface area (Å²) in [4.78, 5) is 0. The number of nitrogens with one attached hydrogen (secondary N) is 1. The first-order valence-corrected chi connectivity index (χ1v) is 7.00. The predicted molar refractivity (Wildman–Crippen MR) is 72.9 cm³/mol. The fourth-order valence-electron chi connectivity index (χ4n) is 1.91. The molecular weight excluding hydrogens is 302 g/mol. The van der Waals surface area contributed by atoms with Crippen LogP contribution in [-0.4, -0.2) is 0 Å². The van der Waals surface area contributed by atoms with Crippen molar-refractivity contribution in [2.45, 2.75) is 45.1 Å². The topological polar surface area (TPSA) is 38.0 Å². The molecule has 18 heavy (non-hydrogen) atoms. The maximum absolute atomic E-state index is 13.4. The van der Waals surface area contributed by atoms with E-state index in [2.05, 4.69) is 28.3 Å². The zero-order valence-corrected chi connectivity index (χ0v) is 12.1. The Bertz CT molecular complexity index is 385. The quantitative estimate of drug-likeness (QED) is 0.342. The van der Waals surface area contributed by atoms with Gasteiger partial charge in [-0.15, -0.1) is 0 Å². The summed E-state index contributed by atoms with van der Waals surface area (Å²) in [6.45, 7) is 2.14. The van der Waals surface area contributed by atoms with Crippen molar-refractivity contribution in [3.8, 4) is 0 Å². The summed E-state index contributed by atoms with van der Waals surface area (Å²) in [6, 6.07) is 2.53. The van der Waals surface area contributed by atoms with Crippen molar-refractivity contribution in [1.82, 2.24) is 5.43 Å². The smallest absolute Gasteiger partial charge is 0.173 e. The van der Waals surface area contributed by atoms with Crippen molar-refractivity contribution in [1.29, 1.82) is 0 Å². The average Bonchev–Trinajstić information content (AvgIpc) is 2.38. The third kappa shape index (κ3) is 4.00. The van der Waals surface area contributed by atoms with Crippen LogP contribution in [-0.2, 0) is 0 Å². The SMILES string of the molecule is CCCCCCC(NN)c1ccc(F)c(F)c1Br. The van der Waals surface area contributed by atoms with Gasteiger partial charge in [-0.05, 0) is 34.0 Å². The Labute approximate surface area is 115 Å². The maximum atomic E-state index is 13.4. The van der Waals surface area contributed by atoms with E-state index < -0.39 is 11.6 Å². The molecule has 0 aliphatic rings. The van der Waals surface area contributed by atoms with Crippen LogP contribution in [0.15, 0.2) is 16.6 Å². The molecule has 0 fully saturated rings.